The number of hydrogen-bond donors (Lipinski definition) is 1. The van der Waals surface area contributed by atoms with Gasteiger partial charge in [0.2, 0.25) is 0 Å². The van der Waals surface area contributed by atoms with E-state index in [1.165, 1.54) is 50.7 Å². The third-order valence-electron chi connectivity index (χ3n) is 4.72. The summed E-state index contributed by atoms with van der Waals surface area (Å²) in [5, 5.41) is 9.23. The van der Waals surface area contributed by atoms with Crippen molar-refractivity contribution in [1.29, 1.82) is 0 Å². The molecule has 4 nitrogen and oxygen atoms in total. The van der Waals surface area contributed by atoms with Gasteiger partial charge in [-0.2, -0.15) is 0 Å². The first-order valence-electron chi connectivity index (χ1n) is 10.0. The number of carbonyl (C=O) groups excluding carboxylic acids is 1. The van der Waals surface area contributed by atoms with E-state index < -0.39 is 11.9 Å². The minimum atomic E-state index is -1.11. The van der Waals surface area contributed by atoms with Gasteiger partial charge in [-0.05, 0) is 30.9 Å². The molecule has 0 radical (unpaired) electrons. The lowest BCUT2D eigenvalue weighted by atomic mass is 9.99. The summed E-state index contributed by atoms with van der Waals surface area (Å²) in [4.78, 5) is 23.7. The standard InChI is InChI=1S/C22H34O4/c1-4-5-6-7-8-9-10-11-16-20(17(2)3)26-22(25)19-15-13-12-14-18(19)21(23)24/h12-15,17,20H,4-11,16H2,1-3H3,(H,23,24)/t20-/m0/s1. The normalized spacial score (nSPS) is 12.2. The Morgan fingerprint density at radius 1 is 0.923 bits per heavy atom. The first-order valence-corrected chi connectivity index (χ1v) is 10.0. The van der Waals surface area contributed by atoms with Gasteiger partial charge in [-0.25, -0.2) is 9.59 Å². The number of rotatable bonds is 13. The molecule has 1 rings (SSSR count). The predicted octanol–water partition coefficient (Wildman–Crippen LogP) is 6.10. The van der Waals surface area contributed by atoms with E-state index in [9.17, 15) is 14.7 Å². The highest BCUT2D eigenvalue weighted by molar-refractivity contribution is 6.02. The Balaban J connectivity index is 2.46. The maximum absolute atomic E-state index is 12.4. The molecule has 0 aromatic heterocycles. The number of ether oxygens (including phenoxy) is 1. The van der Waals surface area contributed by atoms with E-state index in [2.05, 4.69) is 6.92 Å². The third kappa shape index (κ3) is 8.03. The molecule has 4 heteroatoms. The van der Waals surface area contributed by atoms with Gasteiger partial charge in [0.1, 0.15) is 6.10 Å². The fraction of sp³-hybridized carbons (Fsp3) is 0.636. The third-order valence-corrected chi connectivity index (χ3v) is 4.72. The fourth-order valence-corrected chi connectivity index (χ4v) is 3.06. The second kappa shape index (κ2) is 12.5. The van der Waals surface area contributed by atoms with Crippen molar-refractivity contribution in [1.82, 2.24) is 0 Å². The van der Waals surface area contributed by atoms with Crippen LogP contribution in [0.4, 0.5) is 0 Å². The number of carboxylic acids is 1. The average molecular weight is 363 g/mol. The van der Waals surface area contributed by atoms with Gasteiger partial charge >= 0.3 is 11.9 Å². The largest absolute Gasteiger partial charge is 0.478 e. The Hall–Kier alpha value is -1.84. The summed E-state index contributed by atoms with van der Waals surface area (Å²) in [7, 11) is 0. The number of carbonyl (C=O) groups is 2. The second-order valence-electron chi connectivity index (χ2n) is 7.30. The van der Waals surface area contributed by atoms with Crippen LogP contribution < -0.4 is 0 Å². The van der Waals surface area contributed by atoms with E-state index >= 15 is 0 Å². The van der Waals surface area contributed by atoms with Gasteiger partial charge in [0, 0.05) is 0 Å². The van der Waals surface area contributed by atoms with Gasteiger partial charge in [0.05, 0.1) is 11.1 Å². The zero-order chi connectivity index (χ0) is 19.4. The summed E-state index contributed by atoms with van der Waals surface area (Å²) in [6, 6.07) is 6.22. The summed E-state index contributed by atoms with van der Waals surface area (Å²) >= 11 is 0. The van der Waals surface area contributed by atoms with Crippen LogP contribution in [-0.2, 0) is 4.74 Å². The predicted molar refractivity (Wildman–Crippen MR) is 105 cm³/mol. The molecule has 0 saturated carbocycles. The molecule has 0 aliphatic carbocycles. The molecular weight excluding hydrogens is 328 g/mol. The molecule has 1 aromatic carbocycles. The molecule has 1 aromatic rings. The highest BCUT2D eigenvalue weighted by atomic mass is 16.5. The van der Waals surface area contributed by atoms with Gasteiger partial charge in [0.25, 0.3) is 0 Å². The van der Waals surface area contributed by atoms with Crippen LogP contribution >= 0.6 is 0 Å². The maximum Gasteiger partial charge on any atom is 0.339 e. The number of esters is 1. The smallest absolute Gasteiger partial charge is 0.339 e. The van der Waals surface area contributed by atoms with Gasteiger partial charge in [-0.1, -0.05) is 77.8 Å². The van der Waals surface area contributed by atoms with Gasteiger partial charge in [-0.3, -0.25) is 0 Å². The molecule has 1 atom stereocenters. The van der Waals surface area contributed by atoms with E-state index in [0.29, 0.717) is 0 Å². The Labute approximate surface area is 158 Å². The molecule has 0 aliphatic rings. The van der Waals surface area contributed by atoms with Crippen molar-refractivity contribution in [2.75, 3.05) is 0 Å². The molecule has 0 unspecified atom stereocenters. The van der Waals surface area contributed by atoms with Crippen LogP contribution in [0.15, 0.2) is 24.3 Å². The van der Waals surface area contributed by atoms with Crippen molar-refractivity contribution >= 4 is 11.9 Å². The van der Waals surface area contributed by atoms with Crippen molar-refractivity contribution in [3.05, 3.63) is 35.4 Å². The number of unbranched alkanes of at least 4 members (excludes halogenated alkanes) is 7. The second-order valence-corrected chi connectivity index (χ2v) is 7.30. The lowest BCUT2D eigenvalue weighted by Crippen LogP contribution is -2.24. The lowest BCUT2D eigenvalue weighted by Gasteiger charge is -2.22. The summed E-state index contributed by atoms with van der Waals surface area (Å²) < 4.78 is 5.65. The zero-order valence-electron chi connectivity index (χ0n) is 16.5. The SMILES string of the molecule is CCCCCCCCCC[C@H](OC(=O)c1ccccc1C(=O)O)C(C)C. The minimum Gasteiger partial charge on any atom is -0.478 e. The molecule has 0 bridgehead atoms. The first kappa shape index (κ1) is 22.2. The minimum absolute atomic E-state index is 0.00733. The van der Waals surface area contributed by atoms with Gasteiger partial charge in [0.15, 0.2) is 0 Å². The first-order chi connectivity index (χ1) is 12.5. The Bertz CT molecular complexity index is 551. The van der Waals surface area contributed by atoms with E-state index in [-0.39, 0.29) is 23.1 Å². The number of carboxylic acid groups (broad SMARTS) is 1. The summed E-state index contributed by atoms with van der Waals surface area (Å²) in [5.74, 6) is -1.44. The summed E-state index contributed by atoms with van der Waals surface area (Å²) in [6.45, 7) is 6.29. The molecule has 0 spiro atoms. The molecule has 0 fully saturated rings. The van der Waals surface area contributed by atoms with E-state index in [1.54, 1.807) is 12.1 Å². The molecule has 0 saturated heterocycles. The monoisotopic (exact) mass is 362 g/mol. The van der Waals surface area contributed by atoms with Gasteiger partial charge < -0.3 is 9.84 Å². The Morgan fingerprint density at radius 3 is 2.00 bits per heavy atom. The van der Waals surface area contributed by atoms with Crippen LogP contribution in [0, 0.1) is 5.92 Å². The van der Waals surface area contributed by atoms with Crippen LogP contribution in [0.3, 0.4) is 0 Å². The van der Waals surface area contributed by atoms with Crippen LogP contribution in [-0.4, -0.2) is 23.1 Å². The molecule has 0 amide bonds. The van der Waals surface area contributed by atoms with E-state index in [0.717, 1.165) is 19.3 Å². The Kier molecular flexibility index (Phi) is 10.7. The van der Waals surface area contributed by atoms with Crippen LogP contribution in [0.5, 0.6) is 0 Å². The maximum atomic E-state index is 12.4. The number of benzene rings is 1. The quantitative estimate of drug-likeness (QED) is 0.340. The fourth-order valence-electron chi connectivity index (χ4n) is 3.06. The molecule has 0 heterocycles. The highest BCUT2D eigenvalue weighted by Crippen LogP contribution is 2.19. The van der Waals surface area contributed by atoms with Crippen molar-refractivity contribution in [2.24, 2.45) is 5.92 Å². The summed E-state index contributed by atoms with van der Waals surface area (Å²) in [5.41, 5.74) is 0.119. The molecular formula is C22H34O4. The molecule has 146 valence electrons. The highest BCUT2D eigenvalue weighted by Gasteiger charge is 2.22. The number of aromatic carboxylic acids is 1. The molecule has 0 aliphatic heterocycles. The van der Waals surface area contributed by atoms with E-state index in [1.807, 2.05) is 13.8 Å². The van der Waals surface area contributed by atoms with Crippen molar-refractivity contribution in [2.45, 2.75) is 84.7 Å². The summed E-state index contributed by atoms with van der Waals surface area (Å²) in [6.07, 6.45) is 10.6. The average Bonchev–Trinajstić information content (AvgIpc) is 2.62. The van der Waals surface area contributed by atoms with Crippen molar-refractivity contribution in [3.8, 4) is 0 Å². The lowest BCUT2D eigenvalue weighted by molar-refractivity contribution is 0.0147. The van der Waals surface area contributed by atoms with Gasteiger partial charge in [-0.15, -0.1) is 0 Å². The van der Waals surface area contributed by atoms with E-state index in [4.69, 9.17) is 4.74 Å². The van der Waals surface area contributed by atoms with Crippen LogP contribution in [0.2, 0.25) is 0 Å². The van der Waals surface area contributed by atoms with Crippen LogP contribution in [0.1, 0.15) is 99.3 Å². The zero-order valence-corrected chi connectivity index (χ0v) is 16.5. The van der Waals surface area contributed by atoms with Crippen LogP contribution in [0.25, 0.3) is 0 Å². The van der Waals surface area contributed by atoms with Crippen molar-refractivity contribution < 1.29 is 19.4 Å². The number of hydrogen-bond acceptors (Lipinski definition) is 3. The molecule has 1 N–H and O–H groups in total. The van der Waals surface area contributed by atoms with Crippen molar-refractivity contribution in [3.63, 3.8) is 0 Å². The molecule has 26 heavy (non-hydrogen) atoms. The Morgan fingerprint density at radius 2 is 1.46 bits per heavy atom. The topological polar surface area (TPSA) is 63.6 Å².